The molecule has 14 heavy (non-hydrogen) atoms. The monoisotopic (exact) mass is 242 g/mol. The number of hydrogen-bond acceptors (Lipinski definition) is 4. The highest BCUT2D eigenvalue weighted by atomic mass is 32.2. The van der Waals surface area contributed by atoms with Crippen LogP contribution in [-0.4, -0.2) is 16.0 Å². The van der Waals surface area contributed by atoms with Crippen LogP contribution in [0.5, 0.6) is 0 Å². The van der Waals surface area contributed by atoms with Crippen LogP contribution in [0.25, 0.3) is 0 Å². The zero-order valence-corrected chi connectivity index (χ0v) is 9.10. The van der Waals surface area contributed by atoms with Crippen molar-refractivity contribution in [3.8, 4) is 0 Å². The molecular formula is C7H9F3N2S2. The summed E-state index contributed by atoms with van der Waals surface area (Å²) in [6, 6.07) is 0. The van der Waals surface area contributed by atoms with Crippen molar-refractivity contribution in [2.75, 3.05) is 5.75 Å². The lowest BCUT2D eigenvalue weighted by atomic mass is 10.4. The summed E-state index contributed by atoms with van der Waals surface area (Å²) in [5.74, 6) is 0.795. The molecule has 1 rings (SSSR count). The number of thioether (sulfide) groups is 1. The molecular weight excluding hydrogens is 233 g/mol. The molecule has 0 N–H and O–H groups in total. The van der Waals surface area contributed by atoms with Gasteiger partial charge in [0.1, 0.15) is 0 Å². The lowest BCUT2D eigenvalue weighted by molar-refractivity contribution is -0.138. The van der Waals surface area contributed by atoms with Crippen LogP contribution >= 0.6 is 23.1 Å². The molecule has 0 atom stereocenters. The molecule has 0 spiro atoms. The van der Waals surface area contributed by atoms with Crippen molar-refractivity contribution in [3.05, 3.63) is 5.01 Å². The van der Waals surface area contributed by atoms with Crippen molar-refractivity contribution in [1.82, 2.24) is 10.2 Å². The van der Waals surface area contributed by atoms with Gasteiger partial charge in [-0.3, -0.25) is 0 Å². The van der Waals surface area contributed by atoms with Gasteiger partial charge in [-0.15, -0.1) is 10.2 Å². The van der Waals surface area contributed by atoms with Crippen LogP contribution in [0, 0.1) is 0 Å². The van der Waals surface area contributed by atoms with Crippen LogP contribution in [0.1, 0.15) is 24.8 Å². The summed E-state index contributed by atoms with van der Waals surface area (Å²) < 4.78 is 36.7. The van der Waals surface area contributed by atoms with Gasteiger partial charge >= 0.3 is 6.18 Å². The molecule has 0 saturated carbocycles. The fraction of sp³-hybridized carbons (Fsp3) is 0.714. The Morgan fingerprint density at radius 1 is 1.36 bits per heavy atom. The van der Waals surface area contributed by atoms with Crippen molar-refractivity contribution in [2.24, 2.45) is 0 Å². The van der Waals surface area contributed by atoms with Crippen LogP contribution in [0.2, 0.25) is 0 Å². The molecule has 0 aliphatic heterocycles. The standard InChI is InChI=1S/C7H9F3N2S2/c1-2-3-4-13-6-12-11-5(14-6)7(8,9)10/h2-4H2,1H3. The van der Waals surface area contributed by atoms with Gasteiger partial charge in [-0.2, -0.15) is 13.2 Å². The molecule has 7 heteroatoms. The van der Waals surface area contributed by atoms with Crippen molar-refractivity contribution in [1.29, 1.82) is 0 Å². The Morgan fingerprint density at radius 2 is 2.07 bits per heavy atom. The predicted molar refractivity (Wildman–Crippen MR) is 50.5 cm³/mol. The number of rotatable bonds is 4. The Bertz CT molecular complexity index is 285. The van der Waals surface area contributed by atoms with Gasteiger partial charge in [0.2, 0.25) is 5.01 Å². The summed E-state index contributed by atoms with van der Waals surface area (Å²) >= 11 is 1.93. The molecule has 0 fully saturated rings. The Balaban J connectivity index is 2.51. The van der Waals surface area contributed by atoms with Crippen molar-refractivity contribution in [3.63, 3.8) is 0 Å². The van der Waals surface area contributed by atoms with E-state index < -0.39 is 11.2 Å². The molecule has 80 valence electrons. The van der Waals surface area contributed by atoms with Gasteiger partial charge in [0.25, 0.3) is 0 Å². The molecule has 0 bridgehead atoms. The second-order valence-electron chi connectivity index (χ2n) is 2.57. The van der Waals surface area contributed by atoms with Gasteiger partial charge in [-0.05, 0) is 6.42 Å². The van der Waals surface area contributed by atoms with E-state index in [4.69, 9.17) is 0 Å². The van der Waals surface area contributed by atoms with Gasteiger partial charge in [-0.25, -0.2) is 0 Å². The maximum atomic E-state index is 12.1. The quantitative estimate of drug-likeness (QED) is 0.597. The molecule has 0 aromatic carbocycles. The second kappa shape index (κ2) is 4.97. The molecule has 0 unspecified atom stereocenters. The Labute approximate surface area is 87.9 Å². The summed E-state index contributed by atoms with van der Waals surface area (Å²) in [5, 5.41) is 5.69. The molecule has 1 heterocycles. The van der Waals surface area contributed by atoms with E-state index >= 15 is 0 Å². The van der Waals surface area contributed by atoms with Crippen molar-refractivity contribution >= 4 is 23.1 Å². The highest BCUT2D eigenvalue weighted by molar-refractivity contribution is 8.01. The third kappa shape index (κ3) is 3.45. The number of aromatic nitrogens is 2. The number of alkyl halides is 3. The first kappa shape index (κ1) is 11.8. The highest BCUT2D eigenvalue weighted by Crippen LogP contribution is 2.34. The maximum Gasteiger partial charge on any atom is 0.445 e. The second-order valence-corrected chi connectivity index (χ2v) is 4.89. The fourth-order valence-electron chi connectivity index (χ4n) is 0.686. The van der Waals surface area contributed by atoms with E-state index in [9.17, 15) is 13.2 Å². The van der Waals surface area contributed by atoms with Gasteiger partial charge in [0.05, 0.1) is 0 Å². The third-order valence-corrected chi connectivity index (χ3v) is 3.56. The number of unbranched alkanes of at least 4 members (excludes halogenated alkanes) is 1. The topological polar surface area (TPSA) is 25.8 Å². The number of nitrogens with zero attached hydrogens (tertiary/aromatic N) is 2. The van der Waals surface area contributed by atoms with E-state index in [0.29, 0.717) is 15.7 Å². The average Bonchev–Trinajstić information content (AvgIpc) is 2.52. The molecule has 0 saturated heterocycles. The SMILES string of the molecule is CCCCSc1nnc(C(F)(F)F)s1. The Hall–Kier alpha value is -0.300. The molecule has 0 radical (unpaired) electrons. The van der Waals surface area contributed by atoms with Gasteiger partial charge in [0, 0.05) is 5.75 Å². The fourth-order valence-corrected chi connectivity index (χ4v) is 2.56. The largest absolute Gasteiger partial charge is 0.445 e. The third-order valence-electron chi connectivity index (χ3n) is 1.37. The molecule has 0 aliphatic carbocycles. The number of halogens is 3. The summed E-state index contributed by atoms with van der Waals surface area (Å²) in [4.78, 5) is 0. The van der Waals surface area contributed by atoms with Crippen LogP contribution in [0.3, 0.4) is 0 Å². The van der Waals surface area contributed by atoms with Crippen LogP contribution in [-0.2, 0) is 6.18 Å². The van der Waals surface area contributed by atoms with E-state index in [2.05, 4.69) is 10.2 Å². The lowest BCUT2D eigenvalue weighted by Crippen LogP contribution is -2.03. The molecule has 2 nitrogen and oxygen atoms in total. The van der Waals surface area contributed by atoms with Crippen LogP contribution < -0.4 is 0 Å². The average molecular weight is 242 g/mol. The van der Waals surface area contributed by atoms with Gasteiger partial charge in [0.15, 0.2) is 4.34 Å². The number of hydrogen-bond donors (Lipinski definition) is 0. The van der Waals surface area contributed by atoms with E-state index in [-0.39, 0.29) is 0 Å². The van der Waals surface area contributed by atoms with E-state index in [1.165, 1.54) is 11.8 Å². The van der Waals surface area contributed by atoms with Crippen LogP contribution in [0.15, 0.2) is 4.34 Å². The Morgan fingerprint density at radius 3 is 2.57 bits per heavy atom. The minimum atomic E-state index is -4.36. The van der Waals surface area contributed by atoms with Gasteiger partial charge < -0.3 is 0 Å². The summed E-state index contributed by atoms with van der Waals surface area (Å²) in [6.07, 6.45) is -2.36. The van der Waals surface area contributed by atoms with Crippen molar-refractivity contribution in [2.45, 2.75) is 30.3 Å². The molecule has 0 aliphatic rings. The predicted octanol–water partition coefficient (Wildman–Crippen LogP) is 3.45. The summed E-state index contributed by atoms with van der Waals surface area (Å²) in [5.41, 5.74) is 0. The maximum absolute atomic E-state index is 12.1. The summed E-state index contributed by atoms with van der Waals surface area (Å²) in [6.45, 7) is 2.03. The normalized spacial score (nSPS) is 12.0. The first-order valence-corrected chi connectivity index (χ1v) is 5.87. The van der Waals surface area contributed by atoms with Gasteiger partial charge in [-0.1, -0.05) is 36.4 Å². The summed E-state index contributed by atoms with van der Waals surface area (Å²) in [7, 11) is 0. The van der Waals surface area contributed by atoms with Crippen LogP contribution in [0.4, 0.5) is 13.2 Å². The smallest absolute Gasteiger partial charge is 0.164 e. The highest BCUT2D eigenvalue weighted by Gasteiger charge is 2.35. The van der Waals surface area contributed by atoms with E-state index in [1.807, 2.05) is 6.92 Å². The van der Waals surface area contributed by atoms with E-state index in [0.717, 1.165) is 18.6 Å². The first-order chi connectivity index (χ1) is 6.54. The molecule has 1 aromatic heterocycles. The minimum absolute atomic E-state index is 0.394. The van der Waals surface area contributed by atoms with E-state index in [1.54, 1.807) is 0 Å². The lowest BCUT2D eigenvalue weighted by Gasteiger charge is -1.97. The van der Waals surface area contributed by atoms with Crippen molar-refractivity contribution < 1.29 is 13.2 Å². The first-order valence-electron chi connectivity index (χ1n) is 4.07. The molecule has 0 amide bonds. The zero-order valence-electron chi connectivity index (χ0n) is 7.47. The zero-order chi connectivity index (χ0) is 10.6. The molecule has 1 aromatic rings. The Kier molecular flexibility index (Phi) is 4.18. The minimum Gasteiger partial charge on any atom is -0.164 e.